The van der Waals surface area contributed by atoms with Crippen LogP contribution in [0.5, 0.6) is 0 Å². The molecule has 0 amide bonds. The second-order valence-corrected chi connectivity index (χ2v) is 2.58. The number of aromatic amines is 1. The van der Waals surface area contributed by atoms with E-state index in [1.165, 1.54) is 0 Å². The SMILES string of the molecule is O=c1[nH]cnc(C(F)(F)F)c1C=CCO. The summed E-state index contributed by atoms with van der Waals surface area (Å²) < 4.78 is 37.0. The minimum Gasteiger partial charge on any atom is -0.392 e. The molecule has 82 valence electrons. The Kier molecular flexibility index (Phi) is 3.25. The molecule has 0 fully saturated rings. The Morgan fingerprint density at radius 2 is 2.20 bits per heavy atom. The fraction of sp³-hybridized carbons (Fsp3) is 0.250. The van der Waals surface area contributed by atoms with Crippen molar-refractivity contribution in [1.29, 1.82) is 0 Å². The van der Waals surface area contributed by atoms with Gasteiger partial charge >= 0.3 is 6.18 Å². The average Bonchev–Trinajstić information content (AvgIpc) is 2.14. The summed E-state index contributed by atoms with van der Waals surface area (Å²) in [5.74, 6) is 0. The lowest BCUT2D eigenvalue weighted by atomic mass is 10.2. The van der Waals surface area contributed by atoms with E-state index >= 15 is 0 Å². The van der Waals surface area contributed by atoms with Crippen LogP contribution < -0.4 is 5.56 Å². The van der Waals surface area contributed by atoms with E-state index in [9.17, 15) is 18.0 Å². The van der Waals surface area contributed by atoms with Crippen molar-refractivity contribution in [3.63, 3.8) is 0 Å². The Morgan fingerprint density at radius 1 is 1.53 bits per heavy atom. The van der Waals surface area contributed by atoms with Crippen LogP contribution in [0.25, 0.3) is 6.08 Å². The number of H-pyrrole nitrogens is 1. The van der Waals surface area contributed by atoms with Crippen molar-refractivity contribution in [1.82, 2.24) is 9.97 Å². The predicted octanol–water partition coefficient (Wildman–Crippen LogP) is 0.794. The Hall–Kier alpha value is -1.63. The molecule has 0 bridgehead atoms. The lowest BCUT2D eigenvalue weighted by Crippen LogP contribution is -2.20. The molecule has 4 nitrogen and oxygen atoms in total. The predicted molar refractivity (Wildman–Crippen MR) is 46.0 cm³/mol. The van der Waals surface area contributed by atoms with E-state index < -0.39 is 29.6 Å². The van der Waals surface area contributed by atoms with Crippen LogP contribution in [0, 0.1) is 0 Å². The first-order chi connectivity index (χ1) is 6.96. The van der Waals surface area contributed by atoms with Crippen LogP contribution in [0.4, 0.5) is 13.2 Å². The Labute approximate surface area is 82.1 Å². The van der Waals surface area contributed by atoms with Gasteiger partial charge in [-0.3, -0.25) is 4.79 Å². The number of aromatic nitrogens is 2. The van der Waals surface area contributed by atoms with Gasteiger partial charge in [-0.2, -0.15) is 13.2 Å². The highest BCUT2D eigenvalue weighted by molar-refractivity contribution is 5.51. The van der Waals surface area contributed by atoms with Crippen LogP contribution in [0.2, 0.25) is 0 Å². The van der Waals surface area contributed by atoms with E-state index in [0.29, 0.717) is 6.33 Å². The molecule has 15 heavy (non-hydrogen) atoms. The molecule has 0 aromatic carbocycles. The third-order valence-electron chi connectivity index (χ3n) is 1.55. The molecule has 1 rings (SSSR count). The van der Waals surface area contributed by atoms with Gasteiger partial charge in [0.1, 0.15) is 0 Å². The van der Waals surface area contributed by atoms with Crippen molar-refractivity contribution in [2.75, 3.05) is 6.61 Å². The maximum absolute atomic E-state index is 12.3. The number of aliphatic hydroxyl groups is 1. The molecule has 0 radical (unpaired) electrons. The standard InChI is InChI=1S/C8H7F3N2O2/c9-8(10,11)6-5(2-1-3-14)7(15)13-4-12-6/h1-2,4,14H,3H2,(H,12,13,15). The zero-order valence-corrected chi connectivity index (χ0v) is 7.38. The summed E-state index contributed by atoms with van der Waals surface area (Å²) in [6, 6.07) is 0. The second kappa shape index (κ2) is 4.26. The number of alkyl halides is 3. The number of hydrogen-bond acceptors (Lipinski definition) is 3. The third-order valence-corrected chi connectivity index (χ3v) is 1.55. The molecular weight excluding hydrogens is 213 g/mol. The van der Waals surface area contributed by atoms with Crippen molar-refractivity contribution < 1.29 is 18.3 Å². The summed E-state index contributed by atoms with van der Waals surface area (Å²) in [6.45, 7) is -0.453. The summed E-state index contributed by atoms with van der Waals surface area (Å²) in [6.07, 6.45) is -2.10. The highest BCUT2D eigenvalue weighted by Gasteiger charge is 2.35. The van der Waals surface area contributed by atoms with Gasteiger partial charge in [-0.05, 0) is 6.08 Å². The number of aliphatic hydroxyl groups excluding tert-OH is 1. The van der Waals surface area contributed by atoms with E-state index in [0.717, 1.165) is 12.2 Å². The highest BCUT2D eigenvalue weighted by Crippen LogP contribution is 2.28. The summed E-state index contributed by atoms with van der Waals surface area (Å²) in [5, 5.41) is 8.41. The molecule has 0 aliphatic rings. The van der Waals surface area contributed by atoms with Crippen molar-refractivity contribution in [2.24, 2.45) is 0 Å². The number of nitrogens with zero attached hydrogens (tertiary/aromatic N) is 1. The zero-order valence-electron chi connectivity index (χ0n) is 7.38. The molecule has 0 unspecified atom stereocenters. The number of hydrogen-bond donors (Lipinski definition) is 2. The normalized spacial score (nSPS) is 12.3. The maximum atomic E-state index is 12.3. The Balaban J connectivity index is 3.34. The summed E-state index contributed by atoms with van der Waals surface area (Å²) in [5.41, 5.74) is -2.78. The first-order valence-corrected chi connectivity index (χ1v) is 3.89. The second-order valence-electron chi connectivity index (χ2n) is 2.58. The average molecular weight is 220 g/mol. The molecule has 2 N–H and O–H groups in total. The first kappa shape index (κ1) is 11.4. The van der Waals surface area contributed by atoms with Gasteiger partial charge in [0.15, 0.2) is 5.69 Å². The minimum atomic E-state index is -4.69. The van der Waals surface area contributed by atoms with Crippen molar-refractivity contribution in [3.05, 3.63) is 34.0 Å². The molecule has 0 aliphatic heterocycles. The monoisotopic (exact) mass is 220 g/mol. The van der Waals surface area contributed by atoms with Gasteiger partial charge in [-0.1, -0.05) is 6.08 Å². The zero-order chi connectivity index (χ0) is 11.5. The van der Waals surface area contributed by atoms with Crippen molar-refractivity contribution in [3.8, 4) is 0 Å². The summed E-state index contributed by atoms with van der Waals surface area (Å²) >= 11 is 0. The Bertz CT molecular complexity index is 423. The molecule has 1 aromatic rings. The fourth-order valence-corrected chi connectivity index (χ4v) is 0.961. The molecular formula is C8H7F3N2O2. The molecule has 0 saturated heterocycles. The van der Waals surface area contributed by atoms with E-state index in [-0.39, 0.29) is 0 Å². The van der Waals surface area contributed by atoms with E-state index in [4.69, 9.17) is 5.11 Å². The van der Waals surface area contributed by atoms with E-state index in [2.05, 4.69) is 4.98 Å². The third kappa shape index (κ3) is 2.66. The number of rotatable bonds is 2. The first-order valence-electron chi connectivity index (χ1n) is 3.89. The van der Waals surface area contributed by atoms with Crippen LogP contribution >= 0.6 is 0 Å². The van der Waals surface area contributed by atoms with Crippen molar-refractivity contribution in [2.45, 2.75) is 6.18 Å². The van der Waals surface area contributed by atoms with Gasteiger partial charge in [0.05, 0.1) is 18.5 Å². The molecule has 1 aromatic heterocycles. The van der Waals surface area contributed by atoms with Crippen LogP contribution in [-0.2, 0) is 6.18 Å². The summed E-state index contributed by atoms with van der Waals surface area (Å²) in [7, 11) is 0. The molecule has 7 heteroatoms. The number of halogens is 3. The van der Waals surface area contributed by atoms with Crippen LogP contribution in [0.1, 0.15) is 11.3 Å². The summed E-state index contributed by atoms with van der Waals surface area (Å²) in [4.78, 5) is 16.1. The Morgan fingerprint density at radius 3 is 2.73 bits per heavy atom. The molecule has 1 heterocycles. The van der Waals surface area contributed by atoms with Gasteiger partial charge in [0.2, 0.25) is 0 Å². The maximum Gasteiger partial charge on any atom is 0.434 e. The van der Waals surface area contributed by atoms with Gasteiger partial charge in [-0.25, -0.2) is 4.98 Å². The van der Waals surface area contributed by atoms with Gasteiger partial charge < -0.3 is 10.1 Å². The lowest BCUT2D eigenvalue weighted by Gasteiger charge is -2.07. The van der Waals surface area contributed by atoms with Crippen molar-refractivity contribution >= 4 is 6.08 Å². The quantitative estimate of drug-likeness (QED) is 0.774. The van der Waals surface area contributed by atoms with E-state index in [1.54, 1.807) is 0 Å². The van der Waals surface area contributed by atoms with Crippen LogP contribution in [0.3, 0.4) is 0 Å². The molecule has 0 spiro atoms. The van der Waals surface area contributed by atoms with Gasteiger partial charge in [0, 0.05) is 0 Å². The van der Waals surface area contributed by atoms with Gasteiger partial charge in [-0.15, -0.1) is 0 Å². The molecule has 0 saturated carbocycles. The largest absolute Gasteiger partial charge is 0.434 e. The lowest BCUT2D eigenvalue weighted by molar-refractivity contribution is -0.141. The van der Waals surface area contributed by atoms with Crippen LogP contribution in [0.15, 0.2) is 17.2 Å². The molecule has 0 atom stereocenters. The topological polar surface area (TPSA) is 66.0 Å². The highest BCUT2D eigenvalue weighted by atomic mass is 19.4. The van der Waals surface area contributed by atoms with Gasteiger partial charge in [0.25, 0.3) is 5.56 Å². The number of nitrogens with one attached hydrogen (secondary N) is 1. The molecule has 0 aliphatic carbocycles. The smallest absolute Gasteiger partial charge is 0.392 e. The van der Waals surface area contributed by atoms with Crippen LogP contribution in [-0.4, -0.2) is 21.7 Å². The minimum absolute atomic E-state index is 0.453. The fourth-order valence-electron chi connectivity index (χ4n) is 0.961. The van der Waals surface area contributed by atoms with E-state index in [1.807, 2.05) is 4.98 Å².